The minimum atomic E-state index is -4.86. The molecule has 154 valence electrons. The van der Waals surface area contributed by atoms with Gasteiger partial charge in [0, 0.05) is 5.56 Å². The van der Waals surface area contributed by atoms with E-state index in [-0.39, 0.29) is 17.1 Å². The smallest absolute Gasteiger partial charge is 0.453 e. The summed E-state index contributed by atoms with van der Waals surface area (Å²) >= 11 is 0. The average molecular weight is 431 g/mol. The molecule has 0 spiro atoms. The minimum Gasteiger partial charge on any atom is -0.493 e. The Labute approximate surface area is 161 Å². The van der Waals surface area contributed by atoms with Crippen molar-refractivity contribution in [3.05, 3.63) is 36.4 Å². The summed E-state index contributed by atoms with van der Waals surface area (Å²) in [6.07, 6.45) is -3.40. The normalized spacial score (nSPS) is 12.1. The lowest BCUT2D eigenvalue weighted by atomic mass is 10.2. The number of hydrogen-bond acceptors (Lipinski definition) is 8. The number of rotatable bonds is 5. The maximum atomic E-state index is 13.2. The van der Waals surface area contributed by atoms with Gasteiger partial charge in [0.05, 0.1) is 26.6 Å². The van der Waals surface area contributed by atoms with Crippen molar-refractivity contribution in [2.24, 2.45) is 0 Å². The van der Waals surface area contributed by atoms with E-state index in [4.69, 9.17) is 14.0 Å². The molecule has 0 unspecified atom stereocenters. The van der Waals surface area contributed by atoms with Crippen LogP contribution in [0.3, 0.4) is 0 Å². The SMILES string of the molecule is COc1ccc(-c2nc(C(F)(F)F)nn2-c2ncc(S(=O)(=O)O)cn2)cc1OC. The molecule has 0 aliphatic heterocycles. The molecule has 0 atom stereocenters. The van der Waals surface area contributed by atoms with E-state index in [9.17, 15) is 21.6 Å². The summed E-state index contributed by atoms with van der Waals surface area (Å²) in [7, 11) is -1.83. The summed E-state index contributed by atoms with van der Waals surface area (Å²) in [4.78, 5) is 10.2. The van der Waals surface area contributed by atoms with Crippen molar-refractivity contribution in [1.82, 2.24) is 24.7 Å². The van der Waals surface area contributed by atoms with Crippen LogP contribution in [0.25, 0.3) is 17.3 Å². The lowest BCUT2D eigenvalue weighted by molar-refractivity contribution is -0.144. The third-order valence-corrected chi connectivity index (χ3v) is 4.41. The van der Waals surface area contributed by atoms with Gasteiger partial charge in [-0.15, -0.1) is 5.10 Å². The lowest BCUT2D eigenvalue weighted by Gasteiger charge is -2.09. The van der Waals surface area contributed by atoms with Gasteiger partial charge in [-0.25, -0.2) is 15.0 Å². The van der Waals surface area contributed by atoms with E-state index < -0.39 is 33.0 Å². The zero-order valence-corrected chi connectivity index (χ0v) is 15.6. The summed E-state index contributed by atoms with van der Waals surface area (Å²) in [5.41, 5.74) is 0.174. The highest BCUT2D eigenvalue weighted by Gasteiger charge is 2.38. The Morgan fingerprint density at radius 3 is 2.21 bits per heavy atom. The van der Waals surface area contributed by atoms with Crippen molar-refractivity contribution >= 4 is 10.1 Å². The van der Waals surface area contributed by atoms with Crippen molar-refractivity contribution < 1.29 is 35.6 Å². The third kappa shape index (κ3) is 4.12. The van der Waals surface area contributed by atoms with E-state index in [0.717, 1.165) is 12.4 Å². The fraction of sp³-hybridized carbons (Fsp3) is 0.200. The molecular formula is C15H12F3N5O5S. The topological polar surface area (TPSA) is 129 Å². The highest BCUT2D eigenvalue weighted by Crippen LogP contribution is 2.34. The Morgan fingerprint density at radius 1 is 1.07 bits per heavy atom. The van der Waals surface area contributed by atoms with Gasteiger partial charge in [-0.2, -0.15) is 26.3 Å². The Morgan fingerprint density at radius 2 is 1.69 bits per heavy atom. The number of methoxy groups -OCH3 is 2. The third-order valence-electron chi connectivity index (χ3n) is 3.60. The van der Waals surface area contributed by atoms with Crippen LogP contribution < -0.4 is 9.47 Å². The number of halogens is 3. The molecule has 10 nitrogen and oxygen atoms in total. The van der Waals surface area contributed by atoms with Gasteiger partial charge in [-0.1, -0.05) is 0 Å². The maximum Gasteiger partial charge on any atom is 0.453 e. The molecule has 29 heavy (non-hydrogen) atoms. The lowest BCUT2D eigenvalue weighted by Crippen LogP contribution is -2.10. The molecule has 0 bridgehead atoms. The summed E-state index contributed by atoms with van der Waals surface area (Å²) < 4.78 is 81.6. The van der Waals surface area contributed by atoms with Crippen LogP contribution in [-0.4, -0.2) is 51.9 Å². The molecular weight excluding hydrogens is 419 g/mol. The van der Waals surface area contributed by atoms with Gasteiger partial charge in [-0.3, -0.25) is 4.55 Å². The molecule has 0 fully saturated rings. The van der Waals surface area contributed by atoms with Crippen molar-refractivity contribution in [2.75, 3.05) is 14.2 Å². The molecule has 0 amide bonds. The van der Waals surface area contributed by atoms with Gasteiger partial charge >= 0.3 is 6.18 Å². The predicted molar refractivity (Wildman–Crippen MR) is 90.3 cm³/mol. The molecule has 14 heteroatoms. The van der Waals surface area contributed by atoms with Crippen LogP contribution in [0.2, 0.25) is 0 Å². The van der Waals surface area contributed by atoms with Gasteiger partial charge in [0.25, 0.3) is 21.9 Å². The zero-order chi connectivity index (χ0) is 21.4. The standard InChI is InChI=1S/C15H12F3N5O5S/c1-27-10-4-3-8(5-11(10)28-2)12-21-13(15(16,17)18)22-23(12)14-19-6-9(7-20-14)29(24,25)26/h3-7H,1-2H3,(H,24,25,26). The molecule has 2 heterocycles. The first-order valence-electron chi connectivity index (χ1n) is 7.61. The van der Waals surface area contributed by atoms with E-state index in [0.29, 0.717) is 10.4 Å². The Kier molecular flexibility index (Phi) is 5.15. The average Bonchev–Trinajstić information content (AvgIpc) is 3.12. The van der Waals surface area contributed by atoms with Gasteiger partial charge in [-0.05, 0) is 18.2 Å². The molecule has 3 rings (SSSR count). The maximum absolute atomic E-state index is 13.2. The fourth-order valence-electron chi connectivity index (χ4n) is 2.29. The minimum absolute atomic E-state index is 0.174. The van der Waals surface area contributed by atoms with Crippen LogP contribution in [0.15, 0.2) is 35.5 Å². The van der Waals surface area contributed by atoms with Crippen LogP contribution in [0, 0.1) is 0 Å². The summed E-state index contributed by atoms with van der Waals surface area (Å²) in [5.74, 6) is -1.56. The molecule has 1 aromatic carbocycles. The molecule has 0 radical (unpaired) electrons. The molecule has 3 aromatic rings. The first-order chi connectivity index (χ1) is 13.5. The number of nitrogens with zero attached hydrogens (tertiary/aromatic N) is 5. The summed E-state index contributed by atoms with van der Waals surface area (Å²) in [5, 5.41) is 3.39. The number of alkyl halides is 3. The zero-order valence-electron chi connectivity index (χ0n) is 14.7. The molecule has 0 saturated carbocycles. The van der Waals surface area contributed by atoms with Crippen molar-refractivity contribution in [1.29, 1.82) is 0 Å². The molecule has 0 saturated heterocycles. The Balaban J connectivity index is 2.19. The first kappa shape index (κ1) is 20.5. The fourth-order valence-corrected chi connectivity index (χ4v) is 2.66. The van der Waals surface area contributed by atoms with E-state index in [2.05, 4.69) is 20.1 Å². The van der Waals surface area contributed by atoms with Crippen molar-refractivity contribution in [2.45, 2.75) is 11.1 Å². The molecule has 2 aromatic heterocycles. The Hall–Kier alpha value is -3.26. The first-order valence-corrected chi connectivity index (χ1v) is 9.05. The summed E-state index contributed by atoms with van der Waals surface area (Å²) in [6.45, 7) is 0. The quantitative estimate of drug-likeness (QED) is 0.603. The van der Waals surface area contributed by atoms with Gasteiger partial charge < -0.3 is 9.47 Å². The van der Waals surface area contributed by atoms with Crippen LogP contribution >= 0.6 is 0 Å². The van der Waals surface area contributed by atoms with Crippen LogP contribution in [0.1, 0.15) is 5.82 Å². The van der Waals surface area contributed by atoms with E-state index in [1.54, 1.807) is 0 Å². The van der Waals surface area contributed by atoms with Gasteiger partial charge in [0.2, 0.25) is 0 Å². The second-order valence-electron chi connectivity index (χ2n) is 5.43. The second kappa shape index (κ2) is 7.29. The second-order valence-corrected chi connectivity index (χ2v) is 6.85. The van der Waals surface area contributed by atoms with Crippen LogP contribution in [-0.2, 0) is 16.3 Å². The number of aromatic nitrogens is 5. The number of ether oxygens (including phenoxy) is 2. The van der Waals surface area contributed by atoms with E-state index in [1.807, 2.05) is 0 Å². The van der Waals surface area contributed by atoms with E-state index in [1.165, 1.54) is 32.4 Å². The van der Waals surface area contributed by atoms with Crippen molar-refractivity contribution in [3.63, 3.8) is 0 Å². The highest BCUT2D eigenvalue weighted by molar-refractivity contribution is 7.85. The monoisotopic (exact) mass is 431 g/mol. The molecule has 0 aliphatic rings. The van der Waals surface area contributed by atoms with Crippen LogP contribution in [0.4, 0.5) is 13.2 Å². The molecule has 1 N–H and O–H groups in total. The predicted octanol–water partition coefficient (Wildman–Crippen LogP) is 2.01. The largest absolute Gasteiger partial charge is 0.493 e. The van der Waals surface area contributed by atoms with E-state index >= 15 is 0 Å². The number of hydrogen-bond donors (Lipinski definition) is 1. The van der Waals surface area contributed by atoms with Crippen molar-refractivity contribution in [3.8, 4) is 28.8 Å². The van der Waals surface area contributed by atoms with Crippen LogP contribution in [0.5, 0.6) is 11.5 Å². The molecule has 0 aliphatic carbocycles. The van der Waals surface area contributed by atoms with Gasteiger partial charge in [0.1, 0.15) is 4.90 Å². The number of benzene rings is 1. The highest BCUT2D eigenvalue weighted by atomic mass is 32.2. The summed E-state index contributed by atoms with van der Waals surface area (Å²) in [6, 6.07) is 4.27. The van der Waals surface area contributed by atoms with Gasteiger partial charge in [0.15, 0.2) is 17.3 Å². The Bertz CT molecular complexity index is 1150.